The maximum atomic E-state index is 13.3. The molecule has 0 aliphatic rings. The number of rotatable bonds is 6. The standard InChI is InChI=1S/C22H20F2N4O3/c1-13-5-4-6-15(9-13)20-19(26-14(2)30-20)21(29)27-16-10-25-28(11-16)12-17-7-8-18(31-17)22(3,23)24/h4-11H,12H2,1-3H3,(H,27,29). The molecule has 7 nitrogen and oxygen atoms in total. The summed E-state index contributed by atoms with van der Waals surface area (Å²) < 4.78 is 38.9. The van der Waals surface area contributed by atoms with Crippen LogP contribution in [0.15, 0.2) is 57.6 Å². The molecular weight excluding hydrogens is 406 g/mol. The van der Waals surface area contributed by atoms with Crippen molar-refractivity contribution in [2.45, 2.75) is 33.2 Å². The number of benzene rings is 1. The van der Waals surface area contributed by atoms with Crippen LogP contribution in [-0.4, -0.2) is 20.7 Å². The van der Waals surface area contributed by atoms with E-state index in [4.69, 9.17) is 8.83 Å². The fourth-order valence-electron chi connectivity index (χ4n) is 3.13. The Hall–Kier alpha value is -3.75. The Morgan fingerprint density at radius 2 is 2.00 bits per heavy atom. The van der Waals surface area contributed by atoms with Gasteiger partial charge in [-0.2, -0.15) is 13.9 Å². The molecule has 3 aromatic heterocycles. The third-order valence-electron chi connectivity index (χ3n) is 4.53. The Balaban J connectivity index is 1.49. The highest BCUT2D eigenvalue weighted by Crippen LogP contribution is 2.29. The first-order chi connectivity index (χ1) is 14.7. The van der Waals surface area contributed by atoms with E-state index >= 15 is 0 Å². The first kappa shape index (κ1) is 20.5. The third-order valence-corrected chi connectivity index (χ3v) is 4.53. The topological polar surface area (TPSA) is 86.1 Å². The number of carbonyl (C=O) groups excluding carboxylic acids is 1. The van der Waals surface area contributed by atoms with E-state index in [1.54, 1.807) is 13.1 Å². The molecule has 160 valence electrons. The zero-order valence-electron chi connectivity index (χ0n) is 17.1. The van der Waals surface area contributed by atoms with E-state index in [0.29, 0.717) is 23.1 Å². The van der Waals surface area contributed by atoms with Crippen molar-refractivity contribution in [3.63, 3.8) is 0 Å². The second kappa shape index (κ2) is 7.82. The summed E-state index contributed by atoms with van der Waals surface area (Å²) in [7, 11) is 0. The summed E-state index contributed by atoms with van der Waals surface area (Å²) in [6.45, 7) is 4.54. The van der Waals surface area contributed by atoms with Gasteiger partial charge in [-0.05, 0) is 25.1 Å². The van der Waals surface area contributed by atoms with Crippen LogP contribution in [0, 0.1) is 13.8 Å². The van der Waals surface area contributed by atoms with Gasteiger partial charge in [0.2, 0.25) is 0 Å². The van der Waals surface area contributed by atoms with Crippen LogP contribution in [0.5, 0.6) is 0 Å². The average molecular weight is 426 g/mol. The summed E-state index contributed by atoms with van der Waals surface area (Å²) in [5.74, 6) is -2.82. The molecular formula is C22H20F2N4O3. The molecule has 1 aromatic carbocycles. The van der Waals surface area contributed by atoms with Crippen molar-refractivity contribution < 1.29 is 22.4 Å². The second-order valence-corrected chi connectivity index (χ2v) is 7.32. The van der Waals surface area contributed by atoms with Crippen molar-refractivity contribution in [2.75, 3.05) is 5.32 Å². The van der Waals surface area contributed by atoms with Crippen LogP contribution in [0.3, 0.4) is 0 Å². The van der Waals surface area contributed by atoms with Gasteiger partial charge in [-0.3, -0.25) is 9.48 Å². The number of hydrogen-bond donors (Lipinski definition) is 1. The van der Waals surface area contributed by atoms with Gasteiger partial charge in [0, 0.05) is 25.6 Å². The maximum Gasteiger partial charge on any atom is 0.301 e. The molecule has 3 heterocycles. The van der Waals surface area contributed by atoms with Gasteiger partial charge in [-0.25, -0.2) is 4.98 Å². The molecule has 0 spiro atoms. The van der Waals surface area contributed by atoms with Gasteiger partial charge in [0.15, 0.2) is 23.1 Å². The lowest BCUT2D eigenvalue weighted by atomic mass is 10.1. The van der Waals surface area contributed by atoms with Crippen LogP contribution >= 0.6 is 0 Å². The minimum Gasteiger partial charge on any atom is -0.458 e. The molecule has 0 radical (unpaired) electrons. The van der Waals surface area contributed by atoms with Crippen molar-refractivity contribution in [3.8, 4) is 11.3 Å². The zero-order valence-corrected chi connectivity index (χ0v) is 17.1. The van der Waals surface area contributed by atoms with Crippen molar-refractivity contribution in [1.29, 1.82) is 0 Å². The monoisotopic (exact) mass is 426 g/mol. The highest BCUT2D eigenvalue weighted by atomic mass is 19.3. The first-order valence-corrected chi connectivity index (χ1v) is 9.54. The van der Waals surface area contributed by atoms with E-state index in [0.717, 1.165) is 18.1 Å². The van der Waals surface area contributed by atoms with Gasteiger partial charge in [-0.15, -0.1) is 0 Å². The maximum absolute atomic E-state index is 13.3. The average Bonchev–Trinajstić information content (AvgIpc) is 3.42. The molecule has 4 rings (SSSR count). The summed E-state index contributed by atoms with van der Waals surface area (Å²) in [6, 6.07) is 10.3. The molecule has 0 atom stereocenters. The van der Waals surface area contributed by atoms with Gasteiger partial charge >= 0.3 is 5.92 Å². The van der Waals surface area contributed by atoms with Crippen LogP contribution in [0.4, 0.5) is 14.5 Å². The third kappa shape index (κ3) is 4.55. The first-order valence-electron chi connectivity index (χ1n) is 9.54. The molecule has 1 N–H and O–H groups in total. The Bertz CT molecular complexity index is 1230. The molecule has 31 heavy (non-hydrogen) atoms. The molecule has 0 unspecified atom stereocenters. The van der Waals surface area contributed by atoms with E-state index in [2.05, 4.69) is 15.4 Å². The number of nitrogens with zero attached hydrogens (tertiary/aromatic N) is 3. The number of carbonyl (C=O) groups is 1. The van der Waals surface area contributed by atoms with Crippen molar-refractivity contribution >= 4 is 11.6 Å². The number of oxazole rings is 1. The lowest BCUT2D eigenvalue weighted by molar-refractivity contribution is -0.00636. The van der Waals surface area contributed by atoms with Crippen molar-refractivity contribution in [2.24, 2.45) is 0 Å². The zero-order chi connectivity index (χ0) is 22.2. The number of hydrogen-bond acceptors (Lipinski definition) is 5. The van der Waals surface area contributed by atoms with Gasteiger partial charge < -0.3 is 14.2 Å². The van der Waals surface area contributed by atoms with E-state index < -0.39 is 17.6 Å². The molecule has 0 bridgehead atoms. The number of anilines is 1. The summed E-state index contributed by atoms with van der Waals surface area (Å²) in [5.41, 5.74) is 2.37. The minimum absolute atomic E-state index is 0.142. The van der Waals surface area contributed by atoms with E-state index in [1.807, 2.05) is 31.2 Å². The summed E-state index contributed by atoms with van der Waals surface area (Å²) in [5, 5.41) is 6.87. The number of aromatic nitrogens is 3. The van der Waals surface area contributed by atoms with Crippen molar-refractivity contribution in [3.05, 3.63) is 77.5 Å². The minimum atomic E-state index is -3.05. The van der Waals surface area contributed by atoms with Gasteiger partial charge in [0.1, 0.15) is 5.76 Å². The Kier molecular flexibility index (Phi) is 5.18. The normalized spacial score (nSPS) is 11.6. The molecule has 1 amide bonds. The predicted molar refractivity (Wildman–Crippen MR) is 109 cm³/mol. The second-order valence-electron chi connectivity index (χ2n) is 7.32. The summed E-state index contributed by atoms with van der Waals surface area (Å²) >= 11 is 0. The Morgan fingerprint density at radius 1 is 1.19 bits per heavy atom. The van der Waals surface area contributed by atoms with Crippen LogP contribution in [0.1, 0.15) is 40.4 Å². The predicted octanol–water partition coefficient (Wildman–Crippen LogP) is 5.16. The fraction of sp³-hybridized carbons (Fsp3) is 0.227. The molecule has 9 heteroatoms. The fourth-order valence-corrected chi connectivity index (χ4v) is 3.13. The lowest BCUT2D eigenvalue weighted by Gasteiger charge is -2.05. The molecule has 0 fully saturated rings. The molecule has 0 saturated heterocycles. The molecule has 0 aliphatic carbocycles. The SMILES string of the molecule is Cc1cccc(-c2oc(C)nc2C(=O)Nc2cnn(Cc3ccc(C(C)(F)F)o3)c2)c1. The molecule has 0 saturated carbocycles. The molecule has 0 aliphatic heterocycles. The van der Waals surface area contributed by atoms with Gasteiger partial charge in [0.05, 0.1) is 18.4 Å². The number of halogens is 2. The van der Waals surface area contributed by atoms with Crippen LogP contribution < -0.4 is 5.32 Å². The summed E-state index contributed by atoms with van der Waals surface area (Å²) in [6.07, 6.45) is 3.03. The quantitative estimate of drug-likeness (QED) is 0.460. The highest BCUT2D eigenvalue weighted by molar-refractivity contribution is 6.06. The van der Waals surface area contributed by atoms with Crippen LogP contribution in [0.25, 0.3) is 11.3 Å². The van der Waals surface area contributed by atoms with E-state index in [9.17, 15) is 13.6 Å². The lowest BCUT2D eigenvalue weighted by Crippen LogP contribution is -2.13. The van der Waals surface area contributed by atoms with Gasteiger partial charge in [0.25, 0.3) is 5.91 Å². The Labute approximate surface area is 176 Å². The number of amides is 1. The van der Waals surface area contributed by atoms with Crippen molar-refractivity contribution in [1.82, 2.24) is 14.8 Å². The van der Waals surface area contributed by atoms with Crippen LogP contribution in [-0.2, 0) is 12.5 Å². The largest absolute Gasteiger partial charge is 0.458 e. The smallest absolute Gasteiger partial charge is 0.301 e. The number of aryl methyl sites for hydroxylation is 2. The van der Waals surface area contributed by atoms with Gasteiger partial charge in [-0.1, -0.05) is 23.8 Å². The van der Waals surface area contributed by atoms with E-state index in [1.165, 1.54) is 23.0 Å². The Morgan fingerprint density at radius 3 is 2.71 bits per heavy atom. The summed E-state index contributed by atoms with van der Waals surface area (Å²) in [4.78, 5) is 17.0. The number of nitrogens with one attached hydrogen (secondary N) is 1. The number of furan rings is 1. The number of alkyl halides is 2. The van der Waals surface area contributed by atoms with Crippen LogP contribution in [0.2, 0.25) is 0 Å². The highest BCUT2D eigenvalue weighted by Gasteiger charge is 2.28. The van der Waals surface area contributed by atoms with E-state index in [-0.39, 0.29) is 12.2 Å². The molecule has 4 aromatic rings.